The van der Waals surface area contributed by atoms with Crippen molar-refractivity contribution in [1.82, 2.24) is 9.78 Å². The molecule has 0 aliphatic rings. The average molecular weight is 331 g/mol. The summed E-state index contributed by atoms with van der Waals surface area (Å²) in [5.74, 6) is 0.666. The van der Waals surface area contributed by atoms with Gasteiger partial charge in [-0.1, -0.05) is 13.8 Å². The van der Waals surface area contributed by atoms with Gasteiger partial charge in [-0.05, 0) is 44.0 Å². The largest absolute Gasteiger partial charge is 0.494 e. The highest BCUT2D eigenvalue weighted by Gasteiger charge is 2.17. The zero-order valence-electron chi connectivity index (χ0n) is 14.7. The predicted octanol–water partition coefficient (Wildman–Crippen LogP) is 3.17. The van der Waals surface area contributed by atoms with Gasteiger partial charge in [-0.3, -0.25) is 9.48 Å². The Labute approximate surface area is 142 Å². The molecule has 0 saturated heterocycles. The van der Waals surface area contributed by atoms with Crippen LogP contribution in [0.2, 0.25) is 0 Å². The summed E-state index contributed by atoms with van der Waals surface area (Å²) in [6.07, 6.45) is 0. The van der Waals surface area contributed by atoms with Crippen molar-refractivity contribution in [1.29, 1.82) is 0 Å². The highest BCUT2D eigenvalue weighted by molar-refractivity contribution is 6.03. The van der Waals surface area contributed by atoms with Crippen molar-refractivity contribution in [3.63, 3.8) is 0 Å². The van der Waals surface area contributed by atoms with E-state index in [0.29, 0.717) is 35.8 Å². The fourth-order valence-corrected chi connectivity index (χ4v) is 2.41. The van der Waals surface area contributed by atoms with Gasteiger partial charge in [-0.15, -0.1) is 0 Å². The van der Waals surface area contributed by atoms with Gasteiger partial charge in [0.1, 0.15) is 11.4 Å². The van der Waals surface area contributed by atoms with Crippen molar-refractivity contribution in [3.05, 3.63) is 41.2 Å². The number of benzene rings is 1. The Morgan fingerprint density at radius 3 is 2.67 bits per heavy atom. The van der Waals surface area contributed by atoms with E-state index >= 15 is 0 Å². The van der Waals surface area contributed by atoms with Crippen molar-refractivity contribution in [2.24, 2.45) is 0 Å². The molecular weight excluding hydrogens is 306 g/mol. The van der Waals surface area contributed by atoms with Gasteiger partial charge in [-0.2, -0.15) is 5.10 Å². The van der Waals surface area contributed by atoms with Gasteiger partial charge in [0, 0.05) is 17.8 Å². The monoisotopic (exact) mass is 331 g/mol. The molecule has 2 rings (SSSR count). The van der Waals surface area contributed by atoms with Gasteiger partial charge in [0.2, 0.25) is 0 Å². The number of carbonyl (C=O) groups is 1. The summed E-state index contributed by atoms with van der Waals surface area (Å²) in [5, 5.41) is 16.8. The van der Waals surface area contributed by atoms with Crippen LogP contribution in [0.5, 0.6) is 5.75 Å². The molecule has 0 fully saturated rings. The van der Waals surface area contributed by atoms with Crippen molar-refractivity contribution in [2.75, 3.05) is 11.9 Å². The van der Waals surface area contributed by atoms with E-state index in [0.717, 1.165) is 5.69 Å². The van der Waals surface area contributed by atoms with Crippen LogP contribution in [0.4, 0.5) is 5.69 Å². The van der Waals surface area contributed by atoms with E-state index in [4.69, 9.17) is 4.74 Å². The van der Waals surface area contributed by atoms with Crippen molar-refractivity contribution < 1.29 is 14.6 Å². The topological polar surface area (TPSA) is 76.4 Å². The summed E-state index contributed by atoms with van der Waals surface area (Å²) in [6.45, 7) is 8.92. The van der Waals surface area contributed by atoms with Gasteiger partial charge < -0.3 is 15.2 Å². The van der Waals surface area contributed by atoms with E-state index in [-0.39, 0.29) is 18.4 Å². The van der Waals surface area contributed by atoms with E-state index in [1.165, 1.54) is 0 Å². The fourth-order valence-electron chi connectivity index (χ4n) is 2.41. The average Bonchev–Trinajstić information content (AvgIpc) is 3.01. The second-order valence-corrected chi connectivity index (χ2v) is 5.79. The Hall–Kier alpha value is -2.34. The number of anilines is 1. The number of aryl methyl sites for hydroxylation is 1. The minimum absolute atomic E-state index is 0.149. The number of rotatable bonds is 7. The maximum atomic E-state index is 12.6. The summed E-state index contributed by atoms with van der Waals surface area (Å²) in [4.78, 5) is 12.6. The van der Waals surface area contributed by atoms with Crippen molar-refractivity contribution in [2.45, 2.75) is 46.8 Å². The Balaban J connectivity index is 2.23. The molecule has 0 aliphatic heterocycles. The van der Waals surface area contributed by atoms with Gasteiger partial charge in [-0.25, -0.2) is 0 Å². The molecule has 0 spiro atoms. The molecule has 2 aromatic rings. The molecule has 6 nitrogen and oxygen atoms in total. The van der Waals surface area contributed by atoms with Crippen LogP contribution >= 0.6 is 0 Å². The first-order valence-corrected chi connectivity index (χ1v) is 8.25. The zero-order valence-corrected chi connectivity index (χ0v) is 14.7. The highest BCUT2D eigenvalue weighted by atomic mass is 16.5. The molecular formula is C18H25N3O3. The molecule has 0 atom stereocenters. The van der Waals surface area contributed by atoms with E-state index in [1.54, 1.807) is 22.9 Å². The molecule has 130 valence electrons. The number of ether oxygens (including phenoxy) is 1. The molecule has 6 heteroatoms. The van der Waals surface area contributed by atoms with Crippen LogP contribution in [0.1, 0.15) is 55.4 Å². The number of hydrogen-bond donors (Lipinski definition) is 2. The Morgan fingerprint density at radius 2 is 2.08 bits per heavy atom. The number of aliphatic hydroxyl groups is 1. The van der Waals surface area contributed by atoms with Crippen molar-refractivity contribution in [3.8, 4) is 5.75 Å². The quantitative estimate of drug-likeness (QED) is 0.817. The van der Waals surface area contributed by atoms with Crippen molar-refractivity contribution >= 4 is 11.6 Å². The molecule has 0 radical (unpaired) electrons. The van der Waals surface area contributed by atoms with Crippen LogP contribution in [-0.2, 0) is 13.2 Å². The van der Waals surface area contributed by atoms with Gasteiger partial charge in [0.15, 0.2) is 0 Å². The third-order valence-electron chi connectivity index (χ3n) is 3.71. The first-order chi connectivity index (χ1) is 11.5. The molecule has 0 bridgehead atoms. The van der Waals surface area contributed by atoms with E-state index in [9.17, 15) is 9.90 Å². The van der Waals surface area contributed by atoms with Crippen LogP contribution in [0.3, 0.4) is 0 Å². The molecule has 0 saturated carbocycles. The second kappa shape index (κ2) is 7.97. The van der Waals surface area contributed by atoms with Gasteiger partial charge >= 0.3 is 0 Å². The lowest BCUT2D eigenvalue weighted by Crippen LogP contribution is -2.17. The van der Waals surface area contributed by atoms with Crippen LogP contribution in [0.15, 0.2) is 24.3 Å². The van der Waals surface area contributed by atoms with Gasteiger partial charge in [0.05, 0.1) is 18.9 Å². The normalized spacial score (nSPS) is 10.9. The lowest BCUT2D eigenvalue weighted by molar-refractivity contribution is 0.101. The standard InChI is InChI=1S/C18H25N3O3/c1-5-21-16(10-15(20-21)12(3)4)18(23)19-14-7-8-17(24-6-2)13(9-14)11-22/h7-10,12,22H,5-6,11H2,1-4H3,(H,19,23). The minimum atomic E-state index is -0.218. The number of nitrogens with one attached hydrogen (secondary N) is 1. The maximum Gasteiger partial charge on any atom is 0.273 e. The van der Waals surface area contributed by atoms with Crippen LogP contribution < -0.4 is 10.1 Å². The van der Waals surface area contributed by atoms with Crippen LogP contribution in [0.25, 0.3) is 0 Å². The number of aliphatic hydroxyl groups excluding tert-OH is 1. The molecule has 2 N–H and O–H groups in total. The summed E-state index contributed by atoms with van der Waals surface area (Å²) >= 11 is 0. The zero-order chi connectivity index (χ0) is 17.7. The molecule has 0 aliphatic carbocycles. The smallest absolute Gasteiger partial charge is 0.273 e. The lowest BCUT2D eigenvalue weighted by atomic mass is 10.1. The molecule has 24 heavy (non-hydrogen) atoms. The first kappa shape index (κ1) is 18.0. The molecule has 0 unspecified atom stereocenters. The number of nitrogens with zero attached hydrogens (tertiary/aromatic N) is 2. The molecule has 1 aromatic heterocycles. The minimum Gasteiger partial charge on any atom is -0.494 e. The summed E-state index contributed by atoms with van der Waals surface area (Å²) in [7, 11) is 0. The number of aromatic nitrogens is 2. The van der Waals surface area contributed by atoms with Crippen LogP contribution in [0, 0.1) is 0 Å². The molecule has 1 aromatic carbocycles. The third kappa shape index (κ3) is 3.94. The summed E-state index contributed by atoms with van der Waals surface area (Å²) in [6, 6.07) is 7.06. The number of carbonyl (C=O) groups excluding carboxylic acids is 1. The maximum absolute atomic E-state index is 12.6. The van der Waals surface area contributed by atoms with E-state index in [2.05, 4.69) is 10.4 Å². The predicted molar refractivity (Wildman–Crippen MR) is 93.5 cm³/mol. The number of hydrogen-bond acceptors (Lipinski definition) is 4. The van der Waals surface area contributed by atoms with E-state index in [1.807, 2.05) is 33.8 Å². The van der Waals surface area contributed by atoms with Gasteiger partial charge in [0.25, 0.3) is 5.91 Å². The number of amides is 1. The Morgan fingerprint density at radius 1 is 1.33 bits per heavy atom. The Bertz CT molecular complexity index is 708. The van der Waals surface area contributed by atoms with Crippen LogP contribution in [-0.4, -0.2) is 27.4 Å². The third-order valence-corrected chi connectivity index (χ3v) is 3.71. The fraction of sp³-hybridized carbons (Fsp3) is 0.444. The Kier molecular flexibility index (Phi) is 5.98. The molecule has 1 heterocycles. The first-order valence-electron chi connectivity index (χ1n) is 8.25. The summed E-state index contributed by atoms with van der Waals surface area (Å²) < 4.78 is 7.15. The summed E-state index contributed by atoms with van der Waals surface area (Å²) in [5.41, 5.74) is 2.68. The van der Waals surface area contributed by atoms with E-state index < -0.39 is 0 Å². The second-order valence-electron chi connectivity index (χ2n) is 5.79. The SMILES string of the molecule is CCOc1ccc(NC(=O)c2cc(C(C)C)nn2CC)cc1CO. The highest BCUT2D eigenvalue weighted by Crippen LogP contribution is 2.24. The molecule has 1 amide bonds. The lowest BCUT2D eigenvalue weighted by Gasteiger charge is -2.11.